The standard InChI is InChI=1S/C4H2BrFN4O4/c5-3-7-4(10(13)14)8-9(3)1(6)2(11)12/h1H,(H,11,12). The van der Waals surface area contributed by atoms with E-state index in [1.807, 2.05) is 0 Å². The molecule has 1 heterocycles. The number of nitrogens with zero attached hydrogens (tertiary/aromatic N) is 4. The van der Waals surface area contributed by atoms with Gasteiger partial charge in [-0.05, 0) is 9.91 Å². The van der Waals surface area contributed by atoms with Crippen molar-refractivity contribution in [1.82, 2.24) is 14.8 Å². The van der Waals surface area contributed by atoms with E-state index in [0.717, 1.165) is 0 Å². The maximum atomic E-state index is 12.8. The number of hydrogen-bond donors (Lipinski definition) is 1. The molecule has 1 N–H and O–H groups in total. The van der Waals surface area contributed by atoms with Gasteiger partial charge in [-0.1, -0.05) is 0 Å². The molecule has 0 bridgehead atoms. The Hall–Kier alpha value is -1.58. The van der Waals surface area contributed by atoms with Crippen LogP contribution in [0.25, 0.3) is 0 Å². The van der Waals surface area contributed by atoms with Crippen LogP contribution < -0.4 is 0 Å². The van der Waals surface area contributed by atoms with Gasteiger partial charge in [0, 0.05) is 21.0 Å². The van der Waals surface area contributed by atoms with Crippen molar-refractivity contribution in [1.29, 1.82) is 0 Å². The molecule has 1 aromatic heterocycles. The number of carboxylic acid groups (broad SMARTS) is 1. The summed E-state index contributed by atoms with van der Waals surface area (Å²) in [6.45, 7) is 0. The molecule has 0 aliphatic carbocycles. The van der Waals surface area contributed by atoms with Gasteiger partial charge in [0.05, 0.1) is 0 Å². The fourth-order valence-corrected chi connectivity index (χ4v) is 1.04. The number of nitro groups is 1. The van der Waals surface area contributed by atoms with Crippen LogP contribution in [0.15, 0.2) is 4.73 Å². The smallest absolute Gasteiger partial charge is 0.478 e. The van der Waals surface area contributed by atoms with Crippen molar-refractivity contribution < 1.29 is 19.2 Å². The minimum absolute atomic E-state index is 0.250. The largest absolute Gasteiger partial charge is 0.492 e. The zero-order valence-corrected chi connectivity index (χ0v) is 7.88. The molecule has 1 aromatic rings. The first-order chi connectivity index (χ1) is 6.43. The molecule has 10 heteroatoms. The molecular weight excluding hydrogens is 267 g/mol. The molecular formula is C4H2BrFN4O4. The van der Waals surface area contributed by atoms with Gasteiger partial charge < -0.3 is 15.2 Å². The van der Waals surface area contributed by atoms with Gasteiger partial charge in [-0.2, -0.15) is 0 Å². The van der Waals surface area contributed by atoms with E-state index in [2.05, 4.69) is 26.0 Å². The van der Waals surface area contributed by atoms with Crippen LogP contribution in [0.2, 0.25) is 0 Å². The van der Waals surface area contributed by atoms with Crippen molar-refractivity contribution in [3.8, 4) is 0 Å². The van der Waals surface area contributed by atoms with E-state index in [4.69, 9.17) is 5.11 Å². The van der Waals surface area contributed by atoms with Crippen LogP contribution in [-0.2, 0) is 4.79 Å². The van der Waals surface area contributed by atoms with Crippen LogP contribution in [0.1, 0.15) is 6.30 Å². The maximum Gasteiger partial charge on any atom is 0.492 e. The second-order valence-electron chi connectivity index (χ2n) is 2.06. The summed E-state index contributed by atoms with van der Waals surface area (Å²) >= 11 is 2.64. The Bertz CT molecular complexity index is 393. The normalized spacial score (nSPS) is 12.4. The molecule has 1 rings (SSSR count). The van der Waals surface area contributed by atoms with E-state index in [1.54, 1.807) is 0 Å². The van der Waals surface area contributed by atoms with E-state index < -0.39 is 23.1 Å². The third kappa shape index (κ3) is 1.84. The predicted octanol–water partition coefficient (Wildman–Crippen LogP) is 0.501. The molecule has 0 saturated carbocycles. The molecule has 8 nitrogen and oxygen atoms in total. The summed E-state index contributed by atoms with van der Waals surface area (Å²) in [5, 5.41) is 21.4. The molecule has 1 unspecified atom stereocenters. The number of alkyl halides is 1. The molecule has 0 radical (unpaired) electrons. The summed E-state index contributed by atoms with van der Waals surface area (Å²) in [6.07, 6.45) is -2.51. The lowest BCUT2D eigenvalue weighted by Crippen LogP contribution is -2.15. The highest BCUT2D eigenvalue weighted by molar-refractivity contribution is 9.10. The second-order valence-corrected chi connectivity index (χ2v) is 2.77. The quantitative estimate of drug-likeness (QED) is 0.631. The van der Waals surface area contributed by atoms with Crippen molar-refractivity contribution in [2.75, 3.05) is 0 Å². The third-order valence-corrected chi connectivity index (χ3v) is 1.70. The number of carbonyl (C=O) groups is 1. The van der Waals surface area contributed by atoms with E-state index in [-0.39, 0.29) is 9.42 Å². The molecule has 1 atom stereocenters. The van der Waals surface area contributed by atoms with Crippen molar-refractivity contribution in [3.63, 3.8) is 0 Å². The average Bonchev–Trinajstić information content (AvgIpc) is 2.46. The van der Waals surface area contributed by atoms with E-state index >= 15 is 0 Å². The zero-order valence-electron chi connectivity index (χ0n) is 6.29. The lowest BCUT2D eigenvalue weighted by molar-refractivity contribution is -0.394. The van der Waals surface area contributed by atoms with Gasteiger partial charge in [-0.15, -0.1) is 4.68 Å². The number of halogens is 2. The third-order valence-electron chi connectivity index (χ3n) is 1.16. The van der Waals surface area contributed by atoms with Gasteiger partial charge in [-0.25, -0.2) is 9.18 Å². The summed E-state index contributed by atoms with van der Waals surface area (Å²) in [5.41, 5.74) is 0. The fraction of sp³-hybridized carbons (Fsp3) is 0.250. The van der Waals surface area contributed by atoms with E-state index in [9.17, 15) is 19.3 Å². The Labute approximate surface area is 83.6 Å². The molecule has 0 aliphatic heterocycles. The topological polar surface area (TPSA) is 111 Å². The SMILES string of the molecule is O=C(O)C(F)n1nc([N+](=O)[O-])nc1Br. The van der Waals surface area contributed by atoms with Gasteiger partial charge in [0.25, 0.3) is 4.73 Å². The molecule has 14 heavy (non-hydrogen) atoms. The predicted molar refractivity (Wildman–Crippen MR) is 42.2 cm³/mol. The highest BCUT2D eigenvalue weighted by Gasteiger charge is 2.29. The van der Waals surface area contributed by atoms with Gasteiger partial charge in [0.15, 0.2) is 0 Å². The molecule has 0 saturated heterocycles. The van der Waals surface area contributed by atoms with Crippen molar-refractivity contribution in [2.45, 2.75) is 6.30 Å². The fourth-order valence-electron chi connectivity index (χ4n) is 0.620. The van der Waals surface area contributed by atoms with Gasteiger partial charge in [0.1, 0.15) is 0 Å². The summed E-state index contributed by atoms with van der Waals surface area (Å²) in [6, 6.07) is 0. The van der Waals surface area contributed by atoms with Crippen LogP contribution in [0, 0.1) is 10.1 Å². The highest BCUT2D eigenvalue weighted by atomic mass is 79.9. The Morgan fingerprint density at radius 1 is 1.79 bits per heavy atom. The van der Waals surface area contributed by atoms with Crippen molar-refractivity contribution in [2.24, 2.45) is 0 Å². The van der Waals surface area contributed by atoms with Gasteiger partial charge >= 0.3 is 18.2 Å². The van der Waals surface area contributed by atoms with Crippen LogP contribution in [-0.4, -0.2) is 30.8 Å². The first kappa shape index (κ1) is 10.5. The summed E-state index contributed by atoms with van der Waals surface area (Å²) < 4.78 is 12.7. The Morgan fingerprint density at radius 2 is 2.36 bits per heavy atom. The first-order valence-corrected chi connectivity index (χ1v) is 3.86. The monoisotopic (exact) mass is 268 g/mol. The number of aliphatic carboxylic acids is 1. The molecule has 0 spiro atoms. The maximum absolute atomic E-state index is 12.8. The minimum atomic E-state index is -2.51. The van der Waals surface area contributed by atoms with Crippen LogP contribution in [0.3, 0.4) is 0 Å². The Balaban J connectivity index is 3.10. The second kappa shape index (κ2) is 3.65. The molecule has 0 aromatic carbocycles. The number of aromatic nitrogens is 3. The molecule has 0 fully saturated rings. The Morgan fingerprint density at radius 3 is 2.71 bits per heavy atom. The summed E-state index contributed by atoms with van der Waals surface area (Å²) in [5.74, 6) is -2.69. The highest BCUT2D eigenvalue weighted by Crippen LogP contribution is 2.18. The summed E-state index contributed by atoms with van der Waals surface area (Å²) in [7, 11) is 0. The average molecular weight is 269 g/mol. The van der Waals surface area contributed by atoms with Crippen LogP contribution in [0.5, 0.6) is 0 Å². The Kier molecular flexibility index (Phi) is 2.74. The summed E-state index contributed by atoms with van der Waals surface area (Å²) in [4.78, 5) is 22.5. The van der Waals surface area contributed by atoms with E-state index in [1.165, 1.54) is 0 Å². The van der Waals surface area contributed by atoms with Crippen molar-refractivity contribution in [3.05, 3.63) is 14.8 Å². The van der Waals surface area contributed by atoms with Gasteiger partial charge in [-0.3, -0.25) is 0 Å². The molecule has 0 aliphatic rings. The molecule has 0 amide bonds. The van der Waals surface area contributed by atoms with Crippen LogP contribution >= 0.6 is 15.9 Å². The number of rotatable bonds is 3. The number of carboxylic acids is 1. The minimum Gasteiger partial charge on any atom is -0.478 e. The lowest BCUT2D eigenvalue weighted by atomic mass is 10.6. The van der Waals surface area contributed by atoms with Gasteiger partial charge in [0.2, 0.25) is 0 Å². The number of hydrogen-bond acceptors (Lipinski definition) is 5. The lowest BCUT2D eigenvalue weighted by Gasteiger charge is -1.97. The van der Waals surface area contributed by atoms with Crippen molar-refractivity contribution >= 4 is 27.8 Å². The van der Waals surface area contributed by atoms with Crippen LogP contribution in [0.4, 0.5) is 10.3 Å². The zero-order chi connectivity index (χ0) is 10.9. The molecule has 76 valence electrons. The van der Waals surface area contributed by atoms with E-state index in [0.29, 0.717) is 0 Å². The first-order valence-electron chi connectivity index (χ1n) is 3.06.